The molecule has 154 valence electrons. The lowest BCUT2D eigenvalue weighted by Crippen LogP contribution is -2.26. The summed E-state index contributed by atoms with van der Waals surface area (Å²) in [7, 11) is 4.82. The van der Waals surface area contributed by atoms with Crippen molar-refractivity contribution in [3.63, 3.8) is 0 Å². The van der Waals surface area contributed by atoms with E-state index in [9.17, 15) is 4.79 Å². The van der Waals surface area contributed by atoms with E-state index >= 15 is 0 Å². The molecule has 3 aromatic rings. The maximum atomic E-state index is 12.7. The van der Waals surface area contributed by atoms with Crippen molar-refractivity contribution in [1.82, 2.24) is 10.3 Å². The van der Waals surface area contributed by atoms with Crippen LogP contribution in [-0.4, -0.2) is 45.4 Å². The van der Waals surface area contributed by atoms with E-state index in [2.05, 4.69) is 10.3 Å². The Morgan fingerprint density at radius 3 is 2.55 bits per heavy atom. The van der Waals surface area contributed by atoms with Crippen molar-refractivity contribution in [2.24, 2.45) is 0 Å². The van der Waals surface area contributed by atoms with E-state index in [1.165, 1.54) is 0 Å². The second-order valence-corrected chi connectivity index (χ2v) is 6.58. The molecule has 0 spiro atoms. The molecule has 1 atom stereocenters. The first kappa shape index (κ1) is 20.5. The van der Waals surface area contributed by atoms with Crippen LogP contribution in [0.2, 0.25) is 0 Å². The average Bonchev–Trinajstić information content (AvgIpc) is 3.17. The van der Waals surface area contributed by atoms with Gasteiger partial charge in [0.1, 0.15) is 18.1 Å². The smallest absolute Gasteiger partial charge is 0.268 e. The number of carbonyl (C=O) groups is 1. The van der Waals surface area contributed by atoms with E-state index < -0.39 is 0 Å². The van der Waals surface area contributed by atoms with Gasteiger partial charge in [0.05, 0.1) is 26.9 Å². The highest BCUT2D eigenvalue weighted by Crippen LogP contribution is 2.30. The molecule has 1 unspecified atom stereocenters. The molecule has 1 amide bonds. The van der Waals surface area contributed by atoms with Crippen LogP contribution in [0.1, 0.15) is 29.0 Å². The van der Waals surface area contributed by atoms with Gasteiger partial charge in [0, 0.05) is 24.1 Å². The fourth-order valence-corrected chi connectivity index (χ4v) is 3.02. The molecule has 0 bridgehead atoms. The molecule has 7 heteroatoms. The molecule has 0 aliphatic rings. The number of aromatic amines is 1. The van der Waals surface area contributed by atoms with Crippen molar-refractivity contribution in [1.29, 1.82) is 0 Å². The second kappa shape index (κ2) is 9.34. The van der Waals surface area contributed by atoms with Crippen molar-refractivity contribution in [2.75, 3.05) is 34.5 Å². The van der Waals surface area contributed by atoms with Crippen LogP contribution in [0.4, 0.5) is 0 Å². The van der Waals surface area contributed by atoms with E-state index in [0.29, 0.717) is 30.4 Å². The van der Waals surface area contributed by atoms with Crippen molar-refractivity contribution < 1.29 is 23.7 Å². The van der Waals surface area contributed by atoms with Gasteiger partial charge in [-0.2, -0.15) is 0 Å². The lowest BCUT2D eigenvalue weighted by atomic mass is 10.1. The normalized spacial score (nSPS) is 11.9. The van der Waals surface area contributed by atoms with Crippen molar-refractivity contribution in [2.45, 2.75) is 13.0 Å². The number of ether oxygens (including phenoxy) is 4. The predicted octanol–water partition coefficient (Wildman–Crippen LogP) is 3.70. The van der Waals surface area contributed by atoms with Crippen LogP contribution in [0.3, 0.4) is 0 Å². The highest BCUT2D eigenvalue weighted by molar-refractivity contribution is 5.98. The number of amides is 1. The highest BCUT2D eigenvalue weighted by Gasteiger charge is 2.16. The quantitative estimate of drug-likeness (QED) is 0.537. The summed E-state index contributed by atoms with van der Waals surface area (Å²) in [5.41, 5.74) is 2.25. The van der Waals surface area contributed by atoms with E-state index in [0.717, 1.165) is 22.2 Å². The highest BCUT2D eigenvalue weighted by atomic mass is 16.5. The molecule has 0 fully saturated rings. The topological polar surface area (TPSA) is 81.8 Å². The molecule has 2 aromatic carbocycles. The van der Waals surface area contributed by atoms with Crippen molar-refractivity contribution in [3.05, 3.63) is 53.7 Å². The summed E-state index contributed by atoms with van der Waals surface area (Å²) in [5, 5.41) is 3.95. The summed E-state index contributed by atoms with van der Waals surface area (Å²) < 4.78 is 21.3. The molecule has 1 aromatic heterocycles. The summed E-state index contributed by atoms with van der Waals surface area (Å²) in [6.45, 7) is 2.85. The predicted molar refractivity (Wildman–Crippen MR) is 111 cm³/mol. The number of H-pyrrole nitrogens is 1. The summed E-state index contributed by atoms with van der Waals surface area (Å²) in [4.78, 5) is 15.8. The van der Waals surface area contributed by atoms with E-state index in [1.54, 1.807) is 21.3 Å². The minimum atomic E-state index is -0.217. The van der Waals surface area contributed by atoms with Crippen LogP contribution < -0.4 is 19.5 Å². The van der Waals surface area contributed by atoms with Gasteiger partial charge in [-0.15, -0.1) is 0 Å². The summed E-state index contributed by atoms with van der Waals surface area (Å²) in [6.07, 6.45) is 0. The van der Waals surface area contributed by atoms with Gasteiger partial charge in [-0.05, 0) is 42.8 Å². The SMILES string of the molecule is COCCOc1ccc(C(C)NC(=O)c2cc3ccc(OC)cc3[nH]2)cc1OC. The number of fused-ring (bicyclic) bond motifs is 1. The first-order chi connectivity index (χ1) is 14.0. The van der Waals surface area contributed by atoms with Crippen LogP contribution in [0.25, 0.3) is 10.9 Å². The van der Waals surface area contributed by atoms with Crippen LogP contribution >= 0.6 is 0 Å². The molecule has 0 saturated heterocycles. The van der Waals surface area contributed by atoms with Gasteiger partial charge >= 0.3 is 0 Å². The molecule has 0 radical (unpaired) electrons. The fraction of sp³-hybridized carbons (Fsp3) is 0.318. The molecule has 29 heavy (non-hydrogen) atoms. The van der Waals surface area contributed by atoms with Gasteiger partial charge in [-0.1, -0.05) is 6.07 Å². The molecule has 0 aliphatic carbocycles. The van der Waals surface area contributed by atoms with Gasteiger partial charge in [0.15, 0.2) is 11.5 Å². The fourth-order valence-electron chi connectivity index (χ4n) is 3.02. The first-order valence-electron chi connectivity index (χ1n) is 9.33. The minimum absolute atomic E-state index is 0.188. The number of nitrogens with one attached hydrogen (secondary N) is 2. The summed E-state index contributed by atoms with van der Waals surface area (Å²) in [5.74, 6) is 1.79. The molecule has 0 saturated carbocycles. The number of carbonyl (C=O) groups excluding carboxylic acids is 1. The maximum Gasteiger partial charge on any atom is 0.268 e. The zero-order valence-electron chi connectivity index (χ0n) is 17.1. The van der Waals surface area contributed by atoms with E-state index in [-0.39, 0.29) is 11.9 Å². The Kier molecular flexibility index (Phi) is 6.61. The number of hydrogen-bond donors (Lipinski definition) is 2. The number of aromatic nitrogens is 1. The number of rotatable bonds is 9. The lowest BCUT2D eigenvalue weighted by molar-refractivity contribution is 0.0935. The Bertz CT molecular complexity index is 982. The molecule has 3 rings (SSSR count). The zero-order valence-corrected chi connectivity index (χ0v) is 17.1. The van der Waals surface area contributed by atoms with Gasteiger partial charge in [-0.25, -0.2) is 0 Å². The summed E-state index contributed by atoms with van der Waals surface area (Å²) >= 11 is 0. The Labute approximate surface area is 169 Å². The standard InChI is InChI=1S/C22H26N2O5/c1-14(15-6-8-20(21(12-15)28-4)29-10-9-26-2)23-22(25)19-11-16-5-7-17(27-3)13-18(16)24-19/h5-8,11-14,24H,9-10H2,1-4H3,(H,23,25). The lowest BCUT2D eigenvalue weighted by Gasteiger charge is -2.17. The van der Waals surface area contributed by atoms with Crippen molar-refractivity contribution >= 4 is 16.8 Å². The summed E-state index contributed by atoms with van der Waals surface area (Å²) in [6, 6.07) is 12.9. The Morgan fingerprint density at radius 2 is 1.83 bits per heavy atom. The average molecular weight is 398 g/mol. The van der Waals surface area contributed by atoms with Crippen LogP contribution in [0.5, 0.6) is 17.2 Å². The molecule has 2 N–H and O–H groups in total. The largest absolute Gasteiger partial charge is 0.497 e. The first-order valence-corrected chi connectivity index (χ1v) is 9.33. The van der Waals surface area contributed by atoms with E-state index in [1.807, 2.05) is 49.4 Å². The number of hydrogen-bond acceptors (Lipinski definition) is 5. The maximum absolute atomic E-state index is 12.7. The number of methoxy groups -OCH3 is 3. The van der Waals surface area contributed by atoms with Crippen LogP contribution in [0, 0.1) is 0 Å². The number of benzene rings is 2. The molecule has 7 nitrogen and oxygen atoms in total. The molecular formula is C22H26N2O5. The molecule has 0 aliphatic heterocycles. The molecular weight excluding hydrogens is 372 g/mol. The molecule has 1 heterocycles. The van der Waals surface area contributed by atoms with Gasteiger partial charge in [-0.3, -0.25) is 4.79 Å². The zero-order chi connectivity index (χ0) is 20.8. The van der Waals surface area contributed by atoms with Gasteiger partial charge < -0.3 is 29.2 Å². The van der Waals surface area contributed by atoms with Crippen LogP contribution in [0.15, 0.2) is 42.5 Å². The Morgan fingerprint density at radius 1 is 1.00 bits per heavy atom. The Hall–Kier alpha value is -3.19. The van der Waals surface area contributed by atoms with E-state index in [4.69, 9.17) is 18.9 Å². The second-order valence-electron chi connectivity index (χ2n) is 6.58. The third-order valence-electron chi connectivity index (χ3n) is 4.65. The minimum Gasteiger partial charge on any atom is -0.497 e. The third kappa shape index (κ3) is 4.81. The monoisotopic (exact) mass is 398 g/mol. The third-order valence-corrected chi connectivity index (χ3v) is 4.65. The Balaban J connectivity index is 1.72. The van der Waals surface area contributed by atoms with Gasteiger partial charge in [0.2, 0.25) is 0 Å². The van der Waals surface area contributed by atoms with Crippen LogP contribution in [-0.2, 0) is 4.74 Å². The van der Waals surface area contributed by atoms with Crippen molar-refractivity contribution in [3.8, 4) is 17.2 Å². The van der Waals surface area contributed by atoms with Gasteiger partial charge in [0.25, 0.3) is 5.91 Å².